The lowest BCUT2D eigenvalue weighted by Crippen LogP contribution is -2.28. The van der Waals surface area contributed by atoms with Crippen molar-refractivity contribution in [3.8, 4) is 5.75 Å². The summed E-state index contributed by atoms with van der Waals surface area (Å²) in [6.07, 6.45) is 1.62. The maximum atomic E-state index is 13.3. The first-order chi connectivity index (χ1) is 17.3. The number of amides is 2. The highest BCUT2D eigenvalue weighted by molar-refractivity contribution is 7.89. The quantitative estimate of drug-likeness (QED) is 0.475. The number of hydrogen-bond donors (Lipinski definition) is 2. The van der Waals surface area contributed by atoms with Gasteiger partial charge in [-0.05, 0) is 55.7 Å². The summed E-state index contributed by atoms with van der Waals surface area (Å²) in [6.45, 7) is 2.80. The molecule has 1 heterocycles. The first-order valence-electron chi connectivity index (χ1n) is 11.8. The molecule has 0 unspecified atom stereocenters. The molecule has 1 fully saturated rings. The van der Waals surface area contributed by atoms with Crippen LogP contribution in [-0.4, -0.2) is 44.7 Å². The van der Waals surface area contributed by atoms with E-state index in [0.717, 1.165) is 18.4 Å². The van der Waals surface area contributed by atoms with Gasteiger partial charge in [-0.25, -0.2) is 8.42 Å². The van der Waals surface area contributed by atoms with Gasteiger partial charge in [0.1, 0.15) is 5.75 Å². The van der Waals surface area contributed by atoms with Crippen molar-refractivity contribution < 1.29 is 22.7 Å². The Hall–Kier alpha value is -3.69. The van der Waals surface area contributed by atoms with Crippen molar-refractivity contribution in [2.75, 3.05) is 25.5 Å². The number of hydrogen-bond acceptors (Lipinski definition) is 5. The van der Waals surface area contributed by atoms with E-state index in [9.17, 15) is 18.0 Å². The highest BCUT2D eigenvalue weighted by Gasteiger charge is 2.29. The molecule has 0 radical (unpaired) electrons. The van der Waals surface area contributed by atoms with Gasteiger partial charge >= 0.3 is 0 Å². The Morgan fingerprint density at radius 3 is 2.25 bits per heavy atom. The number of anilines is 1. The summed E-state index contributed by atoms with van der Waals surface area (Å²) in [5.41, 5.74) is 1.60. The van der Waals surface area contributed by atoms with E-state index in [1.807, 2.05) is 37.3 Å². The van der Waals surface area contributed by atoms with Crippen LogP contribution in [0.4, 0.5) is 5.69 Å². The fraction of sp³-hybridized carbons (Fsp3) is 0.259. The molecule has 1 aliphatic heterocycles. The van der Waals surface area contributed by atoms with Crippen molar-refractivity contribution in [3.05, 3.63) is 89.5 Å². The van der Waals surface area contributed by atoms with E-state index < -0.39 is 15.9 Å². The highest BCUT2D eigenvalue weighted by atomic mass is 32.2. The van der Waals surface area contributed by atoms with Crippen LogP contribution in [-0.2, 0) is 10.0 Å². The number of benzene rings is 3. The largest absolute Gasteiger partial charge is 0.496 e. The van der Waals surface area contributed by atoms with Crippen molar-refractivity contribution in [3.63, 3.8) is 0 Å². The van der Waals surface area contributed by atoms with E-state index in [-0.39, 0.29) is 33.7 Å². The Bertz CT molecular complexity index is 1350. The van der Waals surface area contributed by atoms with E-state index in [1.165, 1.54) is 29.6 Å². The molecule has 1 saturated heterocycles. The molecule has 36 heavy (non-hydrogen) atoms. The average molecular weight is 508 g/mol. The monoisotopic (exact) mass is 507 g/mol. The first kappa shape index (κ1) is 25.4. The van der Waals surface area contributed by atoms with Crippen molar-refractivity contribution in [2.24, 2.45) is 0 Å². The molecule has 4 rings (SSSR count). The van der Waals surface area contributed by atoms with Crippen LogP contribution < -0.4 is 15.4 Å². The lowest BCUT2D eigenvalue weighted by Gasteiger charge is -2.18. The van der Waals surface area contributed by atoms with Gasteiger partial charge in [0, 0.05) is 13.1 Å². The maximum absolute atomic E-state index is 13.3. The van der Waals surface area contributed by atoms with Gasteiger partial charge in [0.15, 0.2) is 0 Å². The maximum Gasteiger partial charge on any atom is 0.259 e. The van der Waals surface area contributed by atoms with E-state index in [4.69, 9.17) is 4.74 Å². The fourth-order valence-electron chi connectivity index (χ4n) is 4.18. The molecule has 3 aromatic rings. The molecule has 0 spiro atoms. The van der Waals surface area contributed by atoms with Gasteiger partial charge in [0.25, 0.3) is 11.8 Å². The van der Waals surface area contributed by atoms with Gasteiger partial charge in [-0.1, -0.05) is 42.5 Å². The molecule has 3 aromatic carbocycles. The molecule has 0 aromatic heterocycles. The van der Waals surface area contributed by atoms with Crippen LogP contribution in [0.2, 0.25) is 0 Å². The molecule has 0 aliphatic carbocycles. The van der Waals surface area contributed by atoms with Gasteiger partial charge in [-0.15, -0.1) is 0 Å². The third-order valence-corrected chi connectivity index (χ3v) is 8.08. The van der Waals surface area contributed by atoms with Gasteiger partial charge in [-0.3, -0.25) is 9.59 Å². The zero-order valence-electron chi connectivity index (χ0n) is 20.2. The second-order valence-corrected chi connectivity index (χ2v) is 10.5. The highest BCUT2D eigenvalue weighted by Crippen LogP contribution is 2.28. The SMILES string of the molecule is COc1ccc(S(=O)(=O)N2CCCC2)cc1C(=O)Nc1ccccc1C(=O)N[C@H](C)c1ccccc1. The number of ether oxygens (including phenoxy) is 1. The number of carbonyl (C=O) groups is 2. The Kier molecular flexibility index (Phi) is 7.71. The summed E-state index contributed by atoms with van der Waals surface area (Å²) in [4.78, 5) is 26.4. The average Bonchev–Trinajstić information content (AvgIpc) is 3.45. The smallest absolute Gasteiger partial charge is 0.259 e. The zero-order chi connectivity index (χ0) is 25.7. The topological polar surface area (TPSA) is 105 Å². The Labute approximate surface area is 211 Å². The first-order valence-corrected chi connectivity index (χ1v) is 13.2. The summed E-state index contributed by atoms with van der Waals surface area (Å²) < 4.78 is 32.8. The molecular weight excluding hydrogens is 478 g/mol. The fourth-order valence-corrected chi connectivity index (χ4v) is 5.73. The summed E-state index contributed by atoms with van der Waals surface area (Å²) in [6, 6.07) is 20.2. The van der Waals surface area contributed by atoms with Crippen LogP contribution in [0.25, 0.3) is 0 Å². The van der Waals surface area contributed by atoms with E-state index in [0.29, 0.717) is 18.8 Å². The summed E-state index contributed by atoms with van der Waals surface area (Å²) >= 11 is 0. The summed E-state index contributed by atoms with van der Waals surface area (Å²) in [5.74, 6) is -0.700. The Morgan fingerprint density at radius 1 is 0.889 bits per heavy atom. The number of para-hydroxylation sites is 1. The van der Waals surface area contributed by atoms with Crippen molar-refractivity contribution in [2.45, 2.75) is 30.7 Å². The van der Waals surface area contributed by atoms with Crippen LogP contribution in [0.15, 0.2) is 77.7 Å². The number of sulfonamides is 1. The number of nitrogens with one attached hydrogen (secondary N) is 2. The molecule has 2 amide bonds. The molecule has 8 nitrogen and oxygen atoms in total. The molecule has 2 N–H and O–H groups in total. The Morgan fingerprint density at radius 2 is 1.56 bits per heavy atom. The van der Waals surface area contributed by atoms with Crippen molar-refractivity contribution >= 4 is 27.5 Å². The second-order valence-electron chi connectivity index (χ2n) is 8.58. The third kappa shape index (κ3) is 5.42. The van der Waals surface area contributed by atoms with Gasteiger partial charge < -0.3 is 15.4 Å². The van der Waals surface area contributed by atoms with Gasteiger partial charge in [0.05, 0.1) is 34.9 Å². The number of carbonyl (C=O) groups excluding carboxylic acids is 2. The molecule has 1 aliphatic rings. The van der Waals surface area contributed by atoms with Crippen molar-refractivity contribution in [1.29, 1.82) is 0 Å². The number of methoxy groups -OCH3 is 1. The van der Waals surface area contributed by atoms with Crippen LogP contribution in [0.5, 0.6) is 5.75 Å². The lowest BCUT2D eigenvalue weighted by atomic mass is 10.1. The molecule has 9 heteroatoms. The summed E-state index contributed by atoms with van der Waals surface area (Å²) in [7, 11) is -2.31. The van der Waals surface area contributed by atoms with Crippen LogP contribution in [0.1, 0.15) is 52.1 Å². The van der Waals surface area contributed by atoms with Gasteiger partial charge in [0.2, 0.25) is 10.0 Å². The van der Waals surface area contributed by atoms with Crippen LogP contribution in [0.3, 0.4) is 0 Å². The minimum atomic E-state index is -3.72. The minimum Gasteiger partial charge on any atom is -0.496 e. The van der Waals surface area contributed by atoms with Crippen LogP contribution in [0, 0.1) is 0 Å². The Balaban J connectivity index is 1.58. The van der Waals surface area contributed by atoms with Crippen LogP contribution >= 0.6 is 0 Å². The molecule has 188 valence electrons. The van der Waals surface area contributed by atoms with Gasteiger partial charge in [-0.2, -0.15) is 4.31 Å². The standard InChI is InChI=1S/C27H29N3O5S/c1-19(20-10-4-3-5-11-20)28-26(31)22-12-6-7-13-24(22)29-27(32)23-18-21(14-15-25(23)35-2)36(33,34)30-16-8-9-17-30/h3-7,10-15,18-19H,8-9,16-17H2,1-2H3,(H,28,31)(H,29,32)/t19-/m1/s1. The van der Waals surface area contributed by atoms with Crippen molar-refractivity contribution in [1.82, 2.24) is 9.62 Å². The molecular formula is C27H29N3O5S. The molecule has 0 saturated carbocycles. The number of rotatable bonds is 8. The zero-order valence-corrected chi connectivity index (χ0v) is 21.0. The second kappa shape index (κ2) is 10.9. The number of nitrogens with zero attached hydrogens (tertiary/aromatic N) is 1. The van der Waals surface area contributed by atoms with E-state index >= 15 is 0 Å². The lowest BCUT2D eigenvalue weighted by molar-refractivity contribution is 0.0940. The predicted molar refractivity (Wildman–Crippen MR) is 138 cm³/mol. The molecule has 0 bridgehead atoms. The predicted octanol–water partition coefficient (Wildman–Crippen LogP) is 4.22. The normalized spacial score (nSPS) is 14.7. The summed E-state index contributed by atoms with van der Waals surface area (Å²) in [5, 5.41) is 5.70. The van der Waals surface area contributed by atoms with E-state index in [2.05, 4.69) is 10.6 Å². The minimum absolute atomic E-state index is 0.0260. The van der Waals surface area contributed by atoms with E-state index in [1.54, 1.807) is 24.3 Å². The molecule has 1 atom stereocenters. The third-order valence-electron chi connectivity index (χ3n) is 6.19.